The predicted octanol–water partition coefficient (Wildman–Crippen LogP) is 2.59. The van der Waals surface area contributed by atoms with Crippen LogP contribution in [0.25, 0.3) is 5.69 Å². The molecule has 7 nitrogen and oxygen atoms in total. The molecule has 2 amide bonds. The second-order valence-electron chi connectivity index (χ2n) is 8.45. The smallest absolute Gasteiger partial charge is 0.250 e. The zero-order chi connectivity index (χ0) is 21.3. The lowest BCUT2D eigenvalue weighted by molar-refractivity contribution is -0.118. The first kappa shape index (κ1) is 20.6. The Balaban J connectivity index is 1.99. The van der Waals surface area contributed by atoms with Gasteiger partial charge in [-0.25, -0.2) is 0 Å². The van der Waals surface area contributed by atoms with Crippen LogP contribution in [0.3, 0.4) is 0 Å². The highest BCUT2D eigenvalue weighted by atomic mass is 16.1. The number of ketones is 1. The normalized spacial score (nSPS) is 15.0. The first-order chi connectivity index (χ1) is 13.6. The monoisotopic (exact) mass is 396 g/mol. The van der Waals surface area contributed by atoms with Crippen LogP contribution in [0.1, 0.15) is 59.2 Å². The molecule has 1 heterocycles. The number of aryl methyl sites for hydroxylation is 1. The van der Waals surface area contributed by atoms with Crippen molar-refractivity contribution in [1.82, 2.24) is 9.88 Å². The quantitative estimate of drug-likeness (QED) is 0.653. The van der Waals surface area contributed by atoms with Crippen LogP contribution in [0.15, 0.2) is 24.4 Å². The molecule has 0 aliphatic heterocycles. The molecule has 2 aromatic rings. The van der Waals surface area contributed by atoms with Crippen LogP contribution in [0.2, 0.25) is 0 Å². The molecule has 0 fully saturated rings. The second kappa shape index (κ2) is 7.73. The van der Waals surface area contributed by atoms with Gasteiger partial charge in [0, 0.05) is 55.3 Å². The number of anilines is 1. The number of hydrogen-bond acceptors (Lipinski definition) is 4. The lowest BCUT2D eigenvalue weighted by atomic mass is 9.75. The standard InChI is InChI=1S/C22H28N4O3/c1-13-12-26(18-10-22(3,4)11-19(28)20(13)18)15-5-6-16(21(23)29)17(9-15)25-8-7-24-14(2)27/h5-6,9,12,25H,7-8,10-11H2,1-4H3,(H2,23,29)(H,24,27). The molecular weight excluding hydrogens is 368 g/mol. The Hall–Kier alpha value is -3.09. The lowest BCUT2D eigenvalue weighted by Crippen LogP contribution is -2.28. The number of primary amides is 1. The first-order valence-corrected chi connectivity index (χ1v) is 9.75. The zero-order valence-electron chi connectivity index (χ0n) is 17.4. The van der Waals surface area contributed by atoms with Gasteiger partial charge in [-0.2, -0.15) is 0 Å². The number of hydrogen-bond donors (Lipinski definition) is 3. The van der Waals surface area contributed by atoms with Gasteiger partial charge in [0.15, 0.2) is 5.78 Å². The Bertz CT molecular complexity index is 988. The van der Waals surface area contributed by atoms with Gasteiger partial charge in [0.05, 0.1) is 5.56 Å². The number of Topliss-reactive ketones (excluding diaryl/α,β-unsaturated/α-hetero) is 1. The van der Waals surface area contributed by atoms with E-state index in [4.69, 9.17) is 5.73 Å². The van der Waals surface area contributed by atoms with Gasteiger partial charge < -0.3 is 20.9 Å². The molecule has 7 heteroatoms. The molecule has 1 aromatic heterocycles. The molecule has 0 radical (unpaired) electrons. The van der Waals surface area contributed by atoms with Crippen molar-refractivity contribution in [1.29, 1.82) is 0 Å². The fourth-order valence-corrected chi connectivity index (χ4v) is 3.99. The summed E-state index contributed by atoms with van der Waals surface area (Å²) in [4.78, 5) is 35.6. The molecule has 0 atom stereocenters. The number of fused-ring (bicyclic) bond motifs is 1. The van der Waals surface area contributed by atoms with Crippen molar-refractivity contribution in [3.8, 4) is 5.69 Å². The SMILES string of the molecule is CC(=O)NCCNc1cc(-n2cc(C)c3c2CC(C)(C)CC3=O)ccc1C(N)=O. The van der Waals surface area contributed by atoms with Crippen molar-refractivity contribution in [2.24, 2.45) is 11.1 Å². The Kier molecular flexibility index (Phi) is 5.50. The van der Waals surface area contributed by atoms with Crippen LogP contribution in [0, 0.1) is 12.3 Å². The highest BCUT2D eigenvalue weighted by Crippen LogP contribution is 2.38. The number of aromatic nitrogens is 1. The van der Waals surface area contributed by atoms with Crippen molar-refractivity contribution in [2.75, 3.05) is 18.4 Å². The minimum Gasteiger partial charge on any atom is -0.383 e. The number of nitrogens with one attached hydrogen (secondary N) is 2. The van der Waals surface area contributed by atoms with E-state index in [1.54, 1.807) is 6.07 Å². The zero-order valence-corrected chi connectivity index (χ0v) is 17.4. The molecule has 1 aliphatic rings. The molecule has 154 valence electrons. The number of benzene rings is 1. The maximum absolute atomic E-state index is 12.7. The maximum Gasteiger partial charge on any atom is 0.250 e. The number of carbonyl (C=O) groups is 3. The summed E-state index contributed by atoms with van der Waals surface area (Å²) in [7, 11) is 0. The van der Waals surface area contributed by atoms with Gasteiger partial charge in [-0.05, 0) is 42.5 Å². The molecule has 0 saturated carbocycles. The van der Waals surface area contributed by atoms with Crippen LogP contribution < -0.4 is 16.4 Å². The van der Waals surface area contributed by atoms with Crippen LogP contribution in [0.5, 0.6) is 0 Å². The topological polar surface area (TPSA) is 106 Å². The van der Waals surface area contributed by atoms with Gasteiger partial charge in [0.25, 0.3) is 5.91 Å². The van der Waals surface area contributed by atoms with Gasteiger partial charge in [-0.3, -0.25) is 14.4 Å². The van der Waals surface area contributed by atoms with Gasteiger partial charge in [0.1, 0.15) is 0 Å². The third-order valence-electron chi connectivity index (χ3n) is 5.22. The van der Waals surface area contributed by atoms with E-state index >= 15 is 0 Å². The number of rotatable bonds is 6. The maximum atomic E-state index is 12.7. The summed E-state index contributed by atoms with van der Waals surface area (Å²) in [5.41, 5.74) is 10.0. The summed E-state index contributed by atoms with van der Waals surface area (Å²) in [6.45, 7) is 8.50. The summed E-state index contributed by atoms with van der Waals surface area (Å²) in [5.74, 6) is -0.465. The molecule has 0 unspecified atom stereocenters. The van der Waals surface area contributed by atoms with Crippen LogP contribution in [-0.2, 0) is 11.2 Å². The van der Waals surface area contributed by atoms with E-state index in [2.05, 4.69) is 24.5 Å². The minimum absolute atomic E-state index is 0.0980. The third kappa shape index (κ3) is 4.34. The summed E-state index contributed by atoms with van der Waals surface area (Å²) in [6.07, 6.45) is 3.32. The van der Waals surface area contributed by atoms with E-state index in [9.17, 15) is 14.4 Å². The average Bonchev–Trinajstić information content (AvgIpc) is 2.93. The Morgan fingerprint density at radius 1 is 1.21 bits per heavy atom. The van der Waals surface area contributed by atoms with E-state index in [-0.39, 0.29) is 17.1 Å². The fourth-order valence-electron chi connectivity index (χ4n) is 3.99. The predicted molar refractivity (Wildman–Crippen MR) is 113 cm³/mol. The van der Waals surface area contributed by atoms with E-state index in [1.165, 1.54) is 6.92 Å². The Morgan fingerprint density at radius 2 is 1.93 bits per heavy atom. The highest BCUT2D eigenvalue weighted by molar-refractivity contribution is 6.01. The highest BCUT2D eigenvalue weighted by Gasteiger charge is 2.34. The fraction of sp³-hybridized carbons (Fsp3) is 0.409. The largest absolute Gasteiger partial charge is 0.383 e. The van der Waals surface area contributed by atoms with E-state index in [0.29, 0.717) is 30.8 Å². The van der Waals surface area contributed by atoms with Crippen LogP contribution >= 0.6 is 0 Å². The van der Waals surface area contributed by atoms with Crippen molar-refractivity contribution < 1.29 is 14.4 Å². The lowest BCUT2D eigenvalue weighted by Gasteiger charge is -2.30. The molecule has 29 heavy (non-hydrogen) atoms. The minimum atomic E-state index is -0.527. The molecule has 1 aromatic carbocycles. The van der Waals surface area contributed by atoms with E-state index in [0.717, 1.165) is 28.9 Å². The third-order valence-corrected chi connectivity index (χ3v) is 5.22. The first-order valence-electron chi connectivity index (χ1n) is 9.75. The van der Waals surface area contributed by atoms with Crippen LogP contribution in [-0.4, -0.2) is 35.3 Å². The molecule has 3 rings (SSSR count). The summed E-state index contributed by atoms with van der Waals surface area (Å²) in [6, 6.07) is 5.39. The van der Waals surface area contributed by atoms with Crippen molar-refractivity contribution in [3.63, 3.8) is 0 Å². The number of carbonyl (C=O) groups excluding carboxylic acids is 3. The van der Waals surface area contributed by atoms with Gasteiger partial charge in [-0.15, -0.1) is 0 Å². The van der Waals surface area contributed by atoms with E-state index in [1.807, 2.05) is 29.8 Å². The van der Waals surface area contributed by atoms with Crippen molar-refractivity contribution in [2.45, 2.75) is 40.5 Å². The average molecular weight is 396 g/mol. The summed E-state index contributed by atoms with van der Waals surface area (Å²) >= 11 is 0. The van der Waals surface area contributed by atoms with Gasteiger partial charge >= 0.3 is 0 Å². The second-order valence-corrected chi connectivity index (χ2v) is 8.45. The van der Waals surface area contributed by atoms with E-state index < -0.39 is 5.91 Å². The van der Waals surface area contributed by atoms with Crippen LogP contribution in [0.4, 0.5) is 5.69 Å². The van der Waals surface area contributed by atoms with Crippen molar-refractivity contribution >= 4 is 23.3 Å². The molecule has 0 bridgehead atoms. The Labute approximate surface area is 170 Å². The molecule has 0 spiro atoms. The van der Waals surface area contributed by atoms with Gasteiger partial charge in [-0.1, -0.05) is 13.8 Å². The Morgan fingerprint density at radius 3 is 2.59 bits per heavy atom. The molecule has 0 saturated heterocycles. The molecule has 4 N–H and O–H groups in total. The molecule has 1 aliphatic carbocycles. The summed E-state index contributed by atoms with van der Waals surface area (Å²) in [5, 5.41) is 5.88. The number of nitrogens with zero attached hydrogens (tertiary/aromatic N) is 1. The number of nitrogens with two attached hydrogens (primary N) is 1. The van der Waals surface area contributed by atoms with Gasteiger partial charge in [0.2, 0.25) is 5.91 Å². The number of amides is 2. The summed E-state index contributed by atoms with van der Waals surface area (Å²) < 4.78 is 2.03. The van der Waals surface area contributed by atoms with Crippen molar-refractivity contribution in [3.05, 3.63) is 46.8 Å². The molecular formula is C22H28N4O3.